The Morgan fingerprint density at radius 2 is 2.08 bits per heavy atom. The first-order chi connectivity index (χ1) is 12.6. The van der Waals surface area contributed by atoms with Crippen LogP contribution in [0.1, 0.15) is 46.7 Å². The summed E-state index contributed by atoms with van der Waals surface area (Å²) < 4.78 is 0. The fourth-order valence-electron chi connectivity index (χ4n) is 4.80. The van der Waals surface area contributed by atoms with E-state index >= 15 is 0 Å². The van der Waals surface area contributed by atoms with Gasteiger partial charge in [-0.2, -0.15) is 0 Å². The number of nitrogens with one attached hydrogen (secondary N) is 1. The molecule has 0 spiro atoms. The Balaban J connectivity index is 1.50. The largest absolute Gasteiger partial charge is 0.476 e. The van der Waals surface area contributed by atoms with E-state index in [1.807, 2.05) is 18.2 Å². The van der Waals surface area contributed by atoms with Crippen molar-refractivity contribution in [3.8, 4) is 0 Å². The van der Waals surface area contributed by atoms with E-state index in [0.29, 0.717) is 23.4 Å². The number of carbonyl (C=O) groups excluding carboxylic acids is 1. The van der Waals surface area contributed by atoms with Crippen molar-refractivity contribution in [2.75, 3.05) is 0 Å². The van der Waals surface area contributed by atoms with Gasteiger partial charge in [0, 0.05) is 5.38 Å². The van der Waals surface area contributed by atoms with E-state index in [9.17, 15) is 9.59 Å². The number of rotatable bonds is 6. The second-order valence-electron chi connectivity index (χ2n) is 7.51. The van der Waals surface area contributed by atoms with Crippen molar-refractivity contribution >= 4 is 23.2 Å². The lowest BCUT2D eigenvalue weighted by atomic mass is 9.68. The zero-order chi connectivity index (χ0) is 18.1. The summed E-state index contributed by atoms with van der Waals surface area (Å²) in [5.41, 5.74) is 0.910. The molecule has 1 aromatic heterocycles. The summed E-state index contributed by atoms with van der Waals surface area (Å²) in [5, 5.41) is 14.2. The van der Waals surface area contributed by atoms with Gasteiger partial charge in [-0.15, -0.1) is 11.3 Å². The van der Waals surface area contributed by atoms with Crippen LogP contribution in [0.3, 0.4) is 0 Å². The third-order valence-corrected chi connectivity index (χ3v) is 6.81. The molecule has 2 bridgehead atoms. The quantitative estimate of drug-likeness (QED) is 0.816. The van der Waals surface area contributed by atoms with Gasteiger partial charge in [0.05, 0.1) is 12.0 Å². The van der Waals surface area contributed by atoms with Crippen molar-refractivity contribution in [1.29, 1.82) is 0 Å². The maximum Gasteiger partial charge on any atom is 0.355 e. The van der Waals surface area contributed by atoms with Crippen LogP contribution in [0.4, 0.5) is 0 Å². The summed E-state index contributed by atoms with van der Waals surface area (Å²) in [7, 11) is 0. The van der Waals surface area contributed by atoms with E-state index in [1.54, 1.807) is 0 Å². The summed E-state index contributed by atoms with van der Waals surface area (Å²) in [5.74, 6) is 0.166. The van der Waals surface area contributed by atoms with Crippen molar-refractivity contribution in [2.45, 2.75) is 38.6 Å². The van der Waals surface area contributed by atoms with Gasteiger partial charge in [0.2, 0.25) is 5.91 Å². The van der Waals surface area contributed by atoms with Crippen LogP contribution in [0.5, 0.6) is 0 Å². The summed E-state index contributed by atoms with van der Waals surface area (Å²) in [4.78, 5) is 28.3. The number of hydrogen-bond acceptors (Lipinski definition) is 4. The smallest absolute Gasteiger partial charge is 0.355 e. The van der Waals surface area contributed by atoms with Crippen LogP contribution in [-0.2, 0) is 17.8 Å². The number of amides is 1. The first kappa shape index (κ1) is 17.2. The number of aromatic carboxylic acids is 1. The van der Waals surface area contributed by atoms with Gasteiger partial charge in [0.1, 0.15) is 5.01 Å². The van der Waals surface area contributed by atoms with Gasteiger partial charge in [-0.25, -0.2) is 9.78 Å². The van der Waals surface area contributed by atoms with Crippen molar-refractivity contribution in [3.63, 3.8) is 0 Å². The molecule has 2 aliphatic carbocycles. The Morgan fingerprint density at radius 1 is 1.27 bits per heavy atom. The molecule has 26 heavy (non-hydrogen) atoms. The Bertz CT molecular complexity index is 819. The van der Waals surface area contributed by atoms with Crippen LogP contribution < -0.4 is 5.32 Å². The average molecular weight is 370 g/mol. The molecule has 6 heteroatoms. The van der Waals surface area contributed by atoms with Crippen molar-refractivity contribution in [1.82, 2.24) is 10.3 Å². The summed E-state index contributed by atoms with van der Waals surface area (Å²) in [6, 6.07) is 10.2. The fourth-order valence-corrected chi connectivity index (χ4v) is 5.51. The molecule has 0 saturated heterocycles. The first-order valence-electron chi connectivity index (χ1n) is 9.07. The standard InChI is InChI=1S/C20H22N2O3S/c23-18(24)16-12-26-17(22-16)11-21-19(25)20(9-13-4-2-1-3-5-13)10-14-6-7-15(20)8-14/h1-5,12,14-15H,6-11H2,(H,21,25)(H,23,24). The number of carbonyl (C=O) groups is 2. The topological polar surface area (TPSA) is 79.3 Å². The van der Waals surface area contributed by atoms with E-state index in [0.717, 1.165) is 25.7 Å². The van der Waals surface area contributed by atoms with Gasteiger partial charge < -0.3 is 10.4 Å². The van der Waals surface area contributed by atoms with Gasteiger partial charge >= 0.3 is 5.97 Å². The molecule has 2 N–H and O–H groups in total. The van der Waals surface area contributed by atoms with Crippen LogP contribution in [-0.4, -0.2) is 22.0 Å². The predicted octanol–water partition coefficient (Wildman–Crippen LogP) is 3.51. The number of benzene rings is 1. The molecular formula is C20H22N2O3S. The molecule has 2 saturated carbocycles. The third kappa shape index (κ3) is 3.14. The molecule has 2 fully saturated rings. The second-order valence-corrected chi connectivity index (χ2v) is 8.46. The number of fused-ring (bicyclic) bond motifs is 2. The molecule has 4 rings (SSSR count). The Morgan fingerprint density at radius 3 is 2.69 bits per heavy atom. The fraction of sp³-hybridized carbons (Fsp3) is 0.450. The number of nitrogens with zero attached hydrogens (tertiary/aromatic N) is 1. The number of carboxylic acid groups (broad SMARTS) is 1. The average Bonchev–Trinajstić information content (AvgIpc) is 3.36. The monoisotopic (exact) mass is 370 g/mol. The van der Waals surface area contributed by atoms with Crippen LogP contribution in [0.25, 0.3) is 0 Å². The summed E-state index contributed by atoms with van der Waals surface area (Å²) in [6.45, 7) is 0.296. The van der Waals surface area contributed by atoms with Gasteiger partial charge in [0.25, 0.3) is 0 Å². The third-order valence-electron chi connectivity index (χ3n) is 5.96. The molecule has 2 aromatic rings. The molecule has 1 aromatic carbocycles. The van der Waals surface area contributed by atoms with E-state index in [2.05, 4.69) is 22.4 Å². The number of aromatic nitrogens is 1. The second kappa shape index (κ2) is 6.83. The minimum Gasteiger partial charge on any atom is -0.476 e. The SMILES string of the molecule is O=C(O)c1csc(CNC(=O)C2(Cc3ccccc3)CC3CCC2C3)n1. The van der Waals surface area contributed by atoms with Gasteiger partial charge in [-0.3, -0.25) is 4.79 Å². The highest BCUT2D eigenvalue weighted by molar-refractivity contribution is 7.09. The van der Waals surface area contributed by atoms with Crippen LogP contribution >= 0.6 is 11.3 Å². The molecule has 0 radical (unpaired) electrons. The highest BCUT2D eigenvalue weighted by Crippen LogP contribution is 2.57. The van der Waals surface area contributed by atoms with Crippen molar-refractivity contribution in [2.24, 2.45) is 17.3 Å². The minimum atomic E-state index is -1.03. The molecule has 3 unspecified atom stereocenters. The maximum atomic E-state index is 13.2. The Labute approximate surface area is 156 Å². The molecule has 3 atom stereocenters. The normalized spacial score (nSPS) is 26.8. The lowest BCUT2D eigenvalue weighted by molar-refractivity contribution is -0.134. The lowest BCUT2D eigenvalue weighted by Gasteiger charge is -2.36. The van der Waals surface area contributed by atoms with E-state index in [-0.39, 0.29) is 17.0 Å². The summed E-state index contributed by atoms with van der Waals surface area (Å²) in [6.07, 6.45) is 5.25. The van der Waals surface area contributed by atoms with E-state index in [4.69, 9.17) is 5.11 Å². The molecular weight excluding hydrogens is 348 g/mol. The van der Waals surface area contributed by atoms with E-state index in [1.165, 1.54) is 28.7 Å². The lowest BCUT2D eigenvalue weighted by Crippen LogP contribution is -2.45. The van der Waals surface area contributed by atoms with Crippen LogP contribution in [0.2, 0.25) is 0 Å². The van der Waals surface area contributed by atoms with E-state index < -0.39 is 5.97 Å². The molecule has 2 aliphatic rings. The zero-order valence-corrected chi connectivity index (χ0v) is 15.3. The number of carboxylic acids is 1. The van der Waals surface area contributed by atoms with Crippen LogP contribution in [0.15, 0.2) is 35.7 Å². The van der Waals surface area contributed by atoms with Gasteiger partial charge in [-0.05, 0) is 43.1 Å². The minimum absolute atomic E-state index is 0.0400. The van der Waals surface area contributed by atoms with Crippen LogP contribution in [0, 0.1) is 17.3 Å². The van der Waals surface area contributed by atoms with Crippen molar-refractivity contribution in [3.05, 3.63) is 52.0 Å². The number of hydrogen-bond donors (Lipinski definition) is 2. The molecule has 5 nitrogen and oxygen atoms in total. The molecule has 1 amide bonds. The maximum absolute atomic E-state index is 13.2. The zero-order valence-electron chi connectivity index (χ0n) is 14.5. The Hall–Kier alpha value is -2.21. The summed E-state index contributed by atoms with van der Waals surface area (Å²) >= 11 is 1.27. The van der Waals surface area contributed by atoms with Crippen molar-refractivity contribution < 1.29 is 14.7 Å². The highest BCUT2D eigenvalue weighted by Gasteiger charge is 2.55. The molecule has 1 heterocycles. The highest BCUT2D eigenvalue weighted by atomic mass is 32.1. The molecule has 136 valence electrons. The Kier molecular flexibility index (Phi) is 4.53. The van der Waals surface area contributed by atoms with Gasteiger partial charge in [-0.1, -0.05) is 36.8 Å². The first-order valence-corrected chi connectivity index (χ1v) is 9.95. The van der Waals surface area contributed by atoms with Gasteiger partial charge in [0.15, 0.2) is 5.69 Å². The predicted molar refractivity (Wildman–Crippen MR) is 98.9 cm³/mol. The number of thiazole rings is 1. The molecule has 0 aliphatic heterocycles.